The van der Waals surface area contributed by atoms with Crippen LogP contribution >= 0.6 is 11.3 Å². The Balaban J connectivity index is 1.00. The van der Waals surface area contributed by atoms with Gasteiger partial charge in [-0.1, -0.05) is 29.5 Å². The predicted molar refractivity (Wildman–Crippen MR) is 130 cm³/mol. The SMILES string of the molecule is O=C(CNC(=O)C1c2ccccc2C(=O)N1C1CC1)Nc1nnc(C23CC4CC(CC(C4)C2)C3)s1. The first-order chi connectivity index (χ1) is 17.0. The van der Waals surface area contributed by atoms with Gasteiger partial charge in [0.2, 0.25) is 16.9 Å². The van der Waals surface area contributed by atoms with Crippen molar-refractivity contribution >= 4 is 34.2 Å². The molecule has 5 fully saturated rings. The number of hydrogen-bond donors (Lipinski definition) is 2. The smallest absolute Gasteiger partial charge is 0.255 e. The maximum absolute atomic E-state index is 13.1. The lowest BCUT2D eigenvalue weighted by Crippen LogP contribution is -2.48. The van der Waals surface area contributed by atoms with Crippen LogP contribution in [0.25, 0.3) is 0 Å². The maximum Gasteiger partial charge on any atom is 0.255 e. The fraction of sp³-hybridized carbons (Fsp3) is 0.577. The Morgan fingerprint density at radius 1 is 1.03 bits per heavy atom. The fourth-order valence-electron chi connectivity index (χ4n) is 7.62. The summed E-state index contributed by atoms with van der Waals surface area (Å²) in [4.78, 5) is 40.3. The number of amides is 3. The van der Waals surface area contributed by atoms with Crippen LogP contribution in [0.5, 0.6) is 0 Å². The molecule has 5 saturated carbocycles. The first kappa shape index (κ1) is 21.5. The van der Waals surface area contributed by atoms with Gasteiger partial charge in [-0.2, -0.15) is 0 Å². The minimum atomic E-state index is -0.678. The maximum atomic E-state index is 13.1. The first-order valence-electron chi connectivity index (χ1n) is 12.8. The van der Waals surface area contributed by atoms with Crippen LogP contribution in [0.2, 0.25) is 0 Å². The molecule has 182 valence electrons. The van der Waals surface area contributed by atoms with E-state index in [-0.39, 0.29) is 35.7 Å². The number of carbonyl (C=O) groups excluding carboxylic acids is 3. The van der Waals surface area contributed by atoms with Gasteiger partial charge in [0.05, 0.1) is 6.54 Å². The number of rotatable bonds is 6. The molecular formula is C26H29N5O3S. The summed E-state index contributed by atoms with van der Waals surface area (Å²) in [5.41, 5.74) is 1.44. The van der Waals surface area contributed by atoms with Crippen LogP contribution in [0.4, 0.5) is 5.13 Å². The van der Waals surface area contributed by atoms with Crippen LogP contribution in [-0.4, -0.2) is 45.4 Å². The lowest BCUT2D eigenvalue weighted by atomic mass is 9.50. The molecule has 2 aromatic rings. The molecule has 8 nitrogen and oxygen atoms in total. The molecule has 2 N–H and O–H groups in total. The second kappa shape index (κ2) is 7.85. The van der Waals surface area contributed by atoms with Gasteiger partial charge in [0.25, 0.3) is 5.91 Å². The molecule has 1 aromatic heterocycles. The molecule has 5 aliphatic carbocycles. The summed E-state index contributed by atoms with van der Waals surface area (Å²) in [7, 11) is 0. The molecule has 4 bridgehead atoms. The topological polar surface area (TPSA) is 104 Å². The summed E-state index contributed by atoms with van der Waals surface area (Å²) in [6.07, 6.45) is 9.55. The van der Waals surface area contributed by atoms with Crippen molar-refractivity contribution in [2.75, 3.05) is 11.9 Å². The van der Waals surface area contributed by atoms with Gasteiger partial charge in [-0.05, 0) is 80.8 Å². The third-order valence-electron chi connectivity index (χ3n) is 8.77. The number of aromatic nitrogens is 2. The summed E-state index contributed by atoms with van der Waals surface area (Å²) in [5, 5.41) is 15.9. The highest BCUT2D eigenvalue weighted by Crippen LogP contribution is 2.61. The van der Waals surface area contributed by atoms with Crippen molar-refractivity contribution < 1.29 is 14.4 Å². The number of benzene rings is 1. The van der Waals surface area contributed by atoms with Gasteiger partial charge in [-0.3, -0.25) is 19.7 Å². The molecule has 1 aliphatic heterocycles. The minimum absolute atomic E-state index is 0.0984. The average molecular weight is 492 g/mol. The molecule has 0 radical (unpaired) electrons. The standard InChI is InChI=1S/C26H29N5O3S/c32-20(13-27-22(33)21-18-3-1-2-4-19(18)23(34)31(21)17-5-6-17)28-25-30-29-24(35-25)26-10-14-7-15(11-26)9-16(8-14)12-26/h1-4,14-17,21H,5-13H2,(H,27,33)(H,28,30,32). The van der Waals surface area contributed by atoms with Crippen molar-refractivity contribution in [1.82, 2.24) is 20.4 Å². The summed E-state index contributed by atoms with van der Waals surface area (Å²) >= 11 is 1.49. The van der Waals surface area contributed by atoms with Gasteiger partial charge in [-0.25, -0.2) is 0 Å². The molecule has 0 saturated heterocycles. The van der Waals surface area contributed by atoms with Crippen LogP contribution in [0.1, 0.15) is 78.3 Å². The highest BCUT2D eigenvalue weighted by Gasteiger charge is 2.53. The van der Waals surface area contributed by atoms with Crippen LogP contribution in [0, 0.1) is 17.8 Å². The van der Waals surface area contributed by atoms with Crippen LogP contribution in [0.15, 0.2) is 24.3 Å². The third-order valence-corrected chi connectivity index (χ3v) is 9.86. The Labute approximate surface area is 207 Å². The molecule has 8 rings (SSSR count). The molecule has 6 aliphatic rings. The molecule has 1 aromatic carbocycles. The van der Waals surface area contributed by atoms with Crippen molar-refractivity contribution in [1.29, 1.82) is 0 Å². The molecule has 1 atom stereocenters. The van der Waals surface area contributed by atoms with E-state index in [0.29, 0.717) is 16.3 Å². The number of nitrogens with zero attached hydrogens (tertiary/aromatic N) is 3. The van der Waals surface area contributed by atoms with Crippen molar-refractivity contribution in [2.24, 2.45) is 17.8 Å². The van der Waals surface area contributed by atoms with Gasteiger partial charge < -0.3 is 10.2 Å². The molecule has 3 amide bonds. The van der Waals surface area contributed by atoms with Gasteiger partial charge in [-0.15, -0.1) is 10.2 Å². The van der Waals surface area contributed by atoms with E-state index in [1.54, 1.807) is 11.0 Å². The van der Waals surface area contributed by atoms with Gasteiger partial charge in [0.1, 0.15) is 11.0 Å². The summed E-state index contributed by atoms with van der Waals surface area (Å²) in [5.74, 6) is 1.71. The van der Waals surface area contributed by atoms with Crippen molar-refractivity contribution in [3.63, 3.8) is 0 Å². The summed E-state index contributed by atoms with van der Waals surface area (Å²) < 4.78 is 0. The Morgan fingerprint density at radius 3 is 2.40 bits per heavy atom. The van der Waals surface area contributed by atoms with Crippen LogP contribution in [0.3, 0.4) is 0 Å². The van der Waals surface area contributed by atoms with Crippen molar-refractivity contribution in [2.45, 2.75) is 68.9 Å². The normalized spacial score (nSPS) is 32.6. The predicted octanol–water partition coefficient (Wildman–Crippen LogP) is 3.42. The quantitative estimate of drug-likeness (QED) is 0.644. The number of hydrogen-bond acceptors (Lipinski definition) is 6. The van der Waals surface area contributed by atoms with E-state index in [0.717, 1.165) is 35.6 Å². The van der Waals surface area contributed by atoms with Crippen LogP contribution in [-0.2, 0) is 15.0 Å². The molecule has 0 spiro atoms. The van der Waals surface area contributed by atoms with E-state index < -0.39 is 6.04 Å². The Bertz CT molecular complexity index is 1190. The Kier molecular flexibility index (Phi) is 4.81. The zero-order valence-corrected chi connectivity index (χ0v) is 20.4. The Morgan fingerprint density at radius 2 is 1.71 bits per heavy atom. The third kappa shape index (κ3) is 3.58. The highest BCUT2D eigenvalue weighted by molar-refractivity contribution is 7.15. The monoisotopic (exact) mass is 491 g/mol. The zero-order valence-electron chi connectivity index (χ0n) is 19.5. The molecule has 9 heteroatoms. The van der Waals surface area contributed by atoms with Crippen molar-refractivity contribution in [3.05, 3.63) is 40.4 Å². The lowest BCUT2D eigenvalue weighted by molar-refractivity contribution is -0.127. The van der Waals surface area contributed by atoms with E-state index >= 15 is 0 Å². The zero-order chi connectivity index (χ0) is 23.7. The number of fused-ring (bicyclic) bond motifs is 1. The second-order valence-electron chi connectivity index (χ2n) is 11.3. The highest BCUT2D eigenvalue weighted by atomic mass is 32.1. The van der Waals surface area contributed by atoms with Gasteiger partial charge in [0, 0.05) is 17.0 Å². The number of anilines is 1. The lowest BCUT2D eigenvalue weighted by Gasteiger charge is -2.55. The van der Waals surface area contributed by atoms with Gasteiger partial charge in [0.15, 0.2) is 0 Å². The summed E-state index contributed by atoms with van der Waals surface area (Å²) in [6, 6.07) is 6.67. The van der Waals surface area contributed by atoms with E-state index in [2.05, 4.69) is 20.8 Å². The number of nitrogens with one attached hydrogen (secondary N) is 2. The minimum Gasteiger partial charge on any atom is -0.345 e. The molecule has 2 heterocycles. The molecular weight excluding hydrogens is 462 g/mol. The largest absolute Gasteiger partial charge is 0.345 e. The van der Waals surface area contributed by atoms with Gasteiger partial charge >= 0.3 is 0 Å². The molecule has 35 heavy (non-hydrogen) atoms. The van der Waals surface area contributed by atoms with E-state index in [4.69, 9.17) is 0 Å². The second-order valence-corrected chi connectivity index (χ2v) is 12.3. The van der Waals surface area contributed by atoms with Crippen LogP contribution < -0.4 is 10.6 Å². The molecule has 1 unspecified atom stereocenters. The first-order valence-corrected chi connectivity index (χ1v) is 13.6. The van der Waals surface area contributed by atoms with E-state index in [9.17, 15) is 14.4 Å². The van der Waals surface area contributed by atoms with E-state index in [1.165, 1.54) is 49.9 Å². The van der Waals surface area contributed by atoms with E-state index in [1.807, 2.05) is 18.2 Å². The van der Waals surface area contributed by atoms with Crippen molar-refractivity contribution in [3.8, 4) is 0 Å². The number of carbonyl (C=O) groups is 3. The average Bonchev–Trinajstić information content (AvgIpc) is 3.48. The summed E-state index contributed by atoms with van der Waals surface area (Å²) in [6.45, 7) is -0.170. The Hall–Kier alpha value is -2.81. The fourth-order valence-corrected chi connectivity index (χ4v) is 8.60.